The average molecular weight is 230 g/mol. The van der Waals surface area contributed by atoms with E-state index in [2.05, 4.69) is 5.48 Å². The van der Waals surface area contributed by atoms with E-state index < -0.39 is 4.92 Å². The molecule has 15 heavy (non-hydrogen) atoms. The van der Waals surface area contributed by atoms with Crippen molar-refractivity contribution in [3.05, 3.63) is 27.1 Å². The monoisotopic (exact) mass is 230 g/mol. The maximum Gasteiger partial charge on any atom is 0.324 e. The first kappa shape index (κ1) is 12.1. The van der Waals surface area contributed by atoms with Gasteiger partial charge in [0.2, 0.25) is 0 Å². The first-order chi connectivity index (χ1) is 6.88. The van der Waals surface area contributed by atoms with Crippen molar-refractivity contribution in [3.63, 3.8) is 0 Å². The molecule has 0 aliphatic rings. The van der Waals surface area contributed by atoms with Crippen molar-refractivity contribution in [2.45, 2.75) is 32.9 Å². The van der Waals surface area contributed by atoms with Crippen molar-refractivity contribution >= 4 is 16.3 Å². The zero-order valence-corrected chi connectivity index (χ0v) is 9.76. The largest absolute Gasteiger partial charge is 0.324 e. The van der Waals surface area contributed by atoms with Gasteiger partial charge in [-0.2, -0.15) is 5.48 Å². The maximum absolute atomic E-state index is 10.4. The molecule has 1 rings (SSSR count). The van der Waals surface area contributed by atoms with E-state index in [1.807, 2.05) is 20.8 Å². The van der Waals surface area contributed by atoms with E-state index in [0.29, 0.717) is 6.54 Å². The van der Waals surface area contributed by atoms with Crippen molar-refractivity contribution in [2.24, 2.45) is 0 Å². The second kappa shape index (κ2) is 4.69. The SMILES string of the molecule is CC(C)(C)ONCc1csc([N+](=O)[O-])c1. The lowest BCUT2D eigenvalue weighted by Crippen LogP contribution is -2.28. The van der Waals surface area contributed by atoms with Gasteiger partial charge in [0, 0.05) is 18.0 Å². The van der Waals surface area contributed by atoms with Crippen LogP contribution in [0.1, 0.15) is 26.3 Å². The van der Waals surface area contributed by atoms with Crippen LogP contribution < -0.4 is 5.48 Å². The lowest BCUT2D eigenvalue weighted by atomic mass is 10.2. The Kier molecular flexibility index (Phi) is 3.78. The molecule has 5 nitrogen and oxygen atoms in total. The number of hydrogen-bond acceptors (Lipinski definition) is 5. The molecule has 1 N–H and O–H groups in total. The van der Waals surface area contributed by atoms with Gasteiger partial charge < -0.3 is 0 Å². The van der Waals surface area contributed by atoms with Crippen LogP contribution in [0.2, 0.25) is 0 Å². The van der Waals surface area contributed by atoms with Crippen molar-refractivity contribution in [1.82, 2.24) is 5.48 Å². The lowest BCUT2D eigenvalue weighted by Gasteiger charge is -2.18. The molecule has 0 saturated heterocycles. The highest BCUT2D eigenvalue weighted by Gasteiger charge is 2.12. The van der Waals surface area contributed by atoms with E-state index in [-0.39, 0.29) is 10.6 Å². The zero-order chi connectivity index (χ0) is 11.5. The molecule has 0 amide bonds. The minimum absolute atomic E-state index is 0.155. The molecule has 1 heterocycles. The van der Waals surface area contributed by atoms with E-state index in [4.69, 9.17) is 4.84 Å². The number of nitrogens with one attached hydrogen (secondary N) is 1. The van der Waals surface area contributed by atoms with Gasteiger partial charge in [-0.15, -0.1) is 0 Å². The van der Waals surface area contributed by atoms with Gasteiger partial charge in [-0.05, 0) is 26.3 Å². The minimum Gasteiger partial charge on any atom is -0.296 e. The van der Waals surface area contributed by atoms with Crippen LogP contribution in [0.3, 0.4) is 0 Å². The summed E-state index contributed by atoms with van der Waals surface area (Å²) < 4.78 is 0. The van der Waals surface area contributed by atoms with Crippen molar-refractivity contribution < 1.29 is 9.76 Å². The Morgan fingerprint density at radius 2 is 2.27 bits per heavy atom. The molecule has 84 valence electrons. The molecule has 1 aromatic heterocycles. The molecule has 0 aliphatic carbocycles. The Hall–Kier alpha value is -0.980. The van der Waals surface area contributed by atoms with E-state index in [0.717, 1.165) is 16.9 Å². The summed E-state index contributed by atoms with van der Waals surface area (Å²) in [5.41, 5.74) is 3.37. The van der Waals surface area contributed by atoms with Crippen molar-refractivity contribution in [3.8, 4) is 0 Å². The first-order valence-electron chi connectivity index (χ1n) is 4.51. The van der Waals surface area contributed by atoms with Crippen LogP contribution in [0.25, 0.3) is 0 Å². The molecule has 1 aromatic rings. The Morgan fingerprint density at radius 1 is 1.60 bits per heavy atom. The summed E-state index contributed by atoms with van der Waals surface area (Å²) >= 11 is 1.12. The lowest BCUT2D eigenvalue weighted by molar-refractivity contribution is -0.380. The predicted molar refractivity (Wildman–Crippen MR) is 58.7 cm³/mol. The Morgan fingerprint density at radius 3 is 2.73 bits per heavy atom. The maximum atomic E-state index is 10.4. The number of rotatable bonds is 4. The third-order valence-electron chi connectivity index (χ3n) is 1.47. The fourth-order valence-corrected chi connectivity index (χ4v) is 1.62. The second-order valence-corrected chi connectivity index (χ2v) is 4.98. The van der Waals surface area contributed by atoms with Crippen molar-refractivity contribution in [1.29, 1.82) is 0 Å². The first-order valence-corrected chi connectivity index (χ1v) is 5.39. The fourth-order valence-electron chi connectivity index (χ4n) is 0.887. The Labute approximate surface area is 92.2 Å². The van der Waals surface area contributed by atoms with Crippen LogP contribution >= 0.6 is 11.3 Å². The van der Waals surface area contributed by atoms with E-state index in [1.54, 1.807) is 11.4 Å². The molecule has 0 aliphatic heterocycles. The molecule has 0 bridgehead atoms. The molecule has 0 unspecified atom stereocenters. The summed E-state index contributed by atoms with van der Waals surface area (Å²) in [5.74, 6) is 0. The number of nitrogens with zero attached hydrogens (tertiary/aromatic N) is 1. The van der Waals surface area contributed by atoms with E-state index in [1.165, 1.54) is 0 Å². The van der Waals surface area contributed by atoms with E-state index >= 15 is 0 Å². The van der Waals surface area contributed by atoms with Crippen LogP contribution in [-0.4, -0.2) is 10.5 Å². The topological polar surface area (TPSA) is 64.4 Å². The van der Waals surface area contributed by atoms with Gasteiger partial charge in [0.1, 0.15) is 0 Å². The third kappa shape index (κ3) is 4.37. The summed E-state index contributed by atoms with van der Waals surface area (Å²) in [4.78, 5) is 15.3. The average Bonchev–Trinajstić information content (AvgIpc) is 2.50. The molecule has 0 fully saturated rings. The summed E-state index contributed by atoms with van der Waals surface area (Å²) in [6.45, 7) is 6.25. The fraction of sp³-hybridized carbons (Fsp3) is 0.556. The predicted octanol–water partition coefficient (Wildman–Crippen LogP) is 2.48. The van der Waals surface area contributed by atoms with Gasteiger partial charge in [0.05, 0.1) is 10.5 Å². The zero-order valence-electron chi connectivity index (χ0n) is 8.94. The van der Waals surface area contributed by atoms with Crippen LogP contribution in [0.5, 0.6) is 0 Å². The number of hydrogen-bond donors (Lipinski definition) is 1. The summed E-state index contributed by atoms with van der Waals surface area (Å²) in [6, 6.07) is 1.55. The number of nitro groups is 1. The summed E-state index contributed by atoms with van der Waals surface area (Å²) in [7, 11) is 0. The van der Waals surface area contributed by atoms with Gasteiger partial charge in [0.25, 0.3) is 0 Å². The highest BCUT2D eigenvalue weighted by molar-refractivity contribution is 7.13. The molecule has 0 atom stereocenters. The molecular formula is C9H14N2O3S. The van der Waals surface area contributed by atoms with Crippen LogP contribution in [0.15, 0.2) is 11.4 Å². The quantitative estimate of drug-likeness (QED) is 0.637. The highest BCUT2D eigenvalue weighted by Crippen LogP contribution is 2.22. The van der Waals surface area contributed by atoms with Gasteiger partial charge >= 0.3 is 5.00 Å². The molecule has 0 radical (unpaired) electrons. The Balaban J connectivity index is 2.41. The molecule has 0 saturated carbocycles. The van der Waals surface area contributed by atoms with Crippen LogP contribution in [-0.2, 0) is 11.4 Å². The second-order valence-electron chi connectivity index (χ2n) is 4.09. The standard InChI is InChI=1S/C9H14N2O3S/c1-9(2,3)14-10-5-7-4-8(11(12)13)15-6-7/h4,6,10H,5H2,1-3H3. The Bertz CT molecular complexity index is 343. The molecule has 0 spiro atoms. The molecular weight excluding hydrogens is 216 g/mol. The summed E-state index contributed by atoms with van der Waals surface area (Å²) in [5, 5.41) is 12.3. The smallest absolute Gasteiger partial charge is 0.296 e. The number of thiophene rings is 1. The van der Waals surface area contributed by atoms with Gasteiger partial charge in [-0.1, -0.05) is 11.3 Å². The van der Waals surface area contributed by atoms with Crippen molar-refractivity contribution in [2.75, 3.05) is 0 Å². The minimum atomic E-state index is -0.390. The van der Waals surface area contributed by atoms with Gasteiger partial charge in [0.15, 0.2) is 0 Å². The molecule has 0 aromatic carbocycles. The van der Waals surface area contributed by atoms with E-state index in [9.17, 15) is 10.1 Å². The number of hydroxylamine groups is 1. The van der Waals surface area contributed by atoms with Crippen LogP contribution in [0, 0.1) is 10.1 Å². The normalized spacial score (nSPS) is 11.7. The third-order valence-corrected chi connectivity index (χ3v) is 2.40. The van der Waals surface area contributed by atoms with Crippen LogP contribution in [0.4, 0.5) is 5.00 Å². The summed E-state index contributed by atoms with van der Waals surface area (Å²) in [6.07, 6.45) is 0. The molecule has 6 heteroatoms. The van der Waals surface area contributed by atoms with Gasteiger partial charge in [-0.25, -0.2) is 0 Å². The highest BCUT2D eigenvalue weighted by atomic mass is 32.1. The van der Waals surface area contributed by atoms with Gasteiger partial charge in [-0.3, -0.25) is 15.0 Å².